The molecule has 21 heavy (non-hydrogen) atoms. The Kier molecular flexibility index (Phi) is 4.95. The summed E-state index contributed by atoms with van der Waals surface area (Å²) < 4.78 is 5.77. The molecule has 1 fully saturated rings. The predicted molar refractivity (Wildman–Crippen MR) is 84.4 cm³/mol. The molecular formula is C16H21N3OS. The molecular weight excluding hydrogens is 282 g/mol. The van der Waals surface area contributed by atoms with E-state index in [9.17, 15) is 0 Å². The number of thiophene rings is 1. The number of rotatable bonds is 4. The van der Waals surface area contributed by atoms with Gasteiger partial charge in [0.2, 0.25) is 0 Å². The topological polar surface area (TPSA) is 38.2 Å². The van der Waals surface area contributed by atoms with E-state index in [1.165, 1.54) is 9.75 Å². The lowest BCUT2D eigenvalue weighted by atomic mass is 10.0. The molecule has 5 heteroatoms. The predicted octanol–water partition coefficient (Wildman–Crippen LogP) is 2.54. The maximum atomic E-state index is 5.77. The zero-order valence-electron chi connectivity index (χ0n) is 12.4. The smallest absolute Gasteiger partial charge is 0.0593 e. The molecule has 1 aliphatic heterocycles. The summed E-state index contributed by atoms with van der Waals surface area (Å²) in [4.78, 5) is 13.8. The molecule has 0 spiro atoms. The fourth-order valence-corrected chi connectivity index (χ4v) is 3.67. The van der Waals surface area contributed by atoms with Crippen molar-refractivity contribution in [1.82, 2.24) is 14.9 Å². The van der Waals surface area contributed by atoms with Crippen molar-refractivity contribution >= 4 is 11.3 Å². The van der Waals surface area contributed by atoms with Gasteiger partial charge < -0.3 is 4.74 Å². The van der Waals surface area contributed by atoms with Crippen LogP contribution < -0.4 is 0 Å². The van der Waals surface area contributed by atoms with Crippen LogP contribution in [-0.4, -0.2) is 41.2 Å². The van der Waals surface area contributed by atoms with Gasteiger partial charge in [0.1, 0.15) is 0 Å². The standard InChI is InChI=1S/C16H21N3OS/c1-13-2-3-16(21-13)11-19-6-7-20-12-14(10-19)8-15-9-17-4-5-18-15/h2-5,9,14H,6-8,10-12H2,1H3/t14-/m1/s1. The van der Waals surface area contributed by atoms with E-state index in [0.29, 0.717) is 5.92 Å². The number of nitrogens with zero attached hydrogens (tertiary/aromatic N) is 3. The van der Waals surface area contributed by atoms with Gasteiger partial charge in [0.15, 0.2) is 0 Å². The van der Waals surface area contributed by atoms with Crippen molar-refractivity contribution in [1.29, 1.82) is 0 Å². The van der Waals surface area contributed by atoms with E-state index in [-0.39, 0.29) is 0 Å². The fraction of sp³-hybridized carbons (Fsp3) is 0.500. The van der Waals surface area contributed by atoms with Gasteiger partial charge in [-0.05, 0) is 25.5 Å². The van der Waals surface area contributed by atoms with Gasteiger partial charge in [0.05, 0.1) is 18.9 Å². The summed E-state index contributed by atoms with van der Waals surface area (Å²) in [6.45, 7) is 6.90. The first-order valence-electron chi connectivity index (χ1n) is 7.40. The van der Waals surface area contributed by atoms with E-state index < -0.39 is 0 Å². The maximum absolute atomic E-state index is 5.77. The highest BCUT2D eigenvalue weighted by molar-refractivity contribution is 7.11. The number of ether oxygens (including phenoxy) is 1. The maximum Gasteiger partial charge on any atom is 0.0593 e. The van der Waals surface area contributed by atoms with Gasteiger partial charge in [-0.3, -0.25) is 14.9 Å². The van der Waals surface area contributed by atoms with Crippen molar-refractivity contribution in [2.75, 3.05) is 26.3 Å². The lowest BCUT2D eigenvalue weighted by Gasteiger charge is -2.22. The summed E-state index contributed by atoms with van der Waals surface area (Å²) in [6.07, 6.45) is 6.28. The van der Waals surface area contributed by atoms with Crippen LogP contribution in [0.4, 0.5) is 0 Å². The van der Waals surface area contributed by atoms with Crippen LogP contribution in [0.2, 0.25) is 0 Å². The first kappa shape index (κ1) is 14.6. The summed E-state index contributed by atoms with van der Waals surface area (Å²) >= 11 is 1.89. The Labute approximate surface area is 129 Å². The van der Waals surface area contributed by atoms with Crippen LogP contribution in [0.1, 0.15) is 15.4 Å². The molecule has 0 radical (unpaired) electrons. The van der Waals surface area contributed by atoms with Gasteiger partial charge in [-0.2, -0.15) is 0 Å². The van der Waals surface area contributed by atoms with E-state index in [1.54, 1.807) is 12.4 Å². The van der Waals surface area contributed by atoms with Crippen LogP contribution in [0, 0.1) is 12.8 Å². The summed E-state index contributed by atoms with van der Waals surface area (Å²) in [5.74, 6) is 0.491. The fourth-order valence-electron chi connectivity index (χ4n) is 2.74. The van der Waals surface area contributed by atoms with Crippen LogP contribution in [0.3, 0.4) is 0 Å². The SMILES string of the molecule is Cc1ccc(CN2CCOC[C@H](Cc3cnccn3)C2)s1. The molecule has 0 saturated carbocycles. The Bertz CT molecular complexity index is 558. The van der Waals surface area contributed by atoms with Gasteiger partial charge in [-0.1, -0.05) is 0 Å². The molecule has 3 heterocycles. The molecule has 0 aliphatic carbocycles. The van der Waals surface area contributed by atoms with Gasteiger partial charge in [0, 0.05) is 53.9 Å². The van der Waals surface area contributed by atoms with Crippen LogP contribution in [0.25, 0.3) is 0 Å². The van der Waals surface area contributed by atoms with E-state index in [2.05, 4.69) is 33.9 Å². The van der Waals surface area contributed by atoms with Crippen LogP contribution in [0.5, 0.6) is 0 Å². The quantitative estimate of drug-likeness (QED) is 0.870. The normalized spacial score (nSPS) is 20.3. The van der Waals surface area contributed by atoms with Crippen LogP contribution in [0.15, 0.2) is 30.7 Å². The monoisotopic (exact) mass is 303 g/mol. The van der Waals surface area contributed by atoms with Gasteiger partial charge >= 0.3 is 0 Å². The second kappa shape index (κ2) is 7.11. The Balaban J connectivity index is 1.60. The minimum absolute atomic E-state index is 0.491. The molecule has 0 unspecified atom stereocenters. The highest BCUT2D eigenvalue weighted by atomic mass is 32.1. The Morgan fingerprint density at radius 2 is 2.33 bits per heavy atom. The van der Waals surface area contributed by atoms with Gasteiger partial charge in [0.25, 0.3) is 0 Å². The number of hydrogen-bond acceptors (Lipinski definition) is 5. The number of aromatic nitrogens is 2. The van der Waals surface area contributed by atoms with Crippen LogP contribution in [-0.2, 0) is 17.7 Å². The summed E-state index contributed by atoms with van der Waals surface area (Å²) in [6, 6.07) is 4.44. The van der Waals surface area contributed by atoms with Crippen molar-refractivity contribution in [3.63, 3.8) is 0 Å². The van der Waals surface area contributed by atoms with E-state index in [1.807, 2.05) is 17.5 Å². The van der Waals surface area contributed by atoms with Gasteiger partial charge in [-0.15, -0.1) is 11.3 Å². The lowest BCUT2D eigenvalue weighted by Crippen LogP contribution is -2.30. The average molecular weight is 303 g/mol. The summed E-state index contributed by atoms with van der Waals surface area (Å²) in [7, 11) is 0. The summed E-state index contributed by atoms with van der Waals surface area (Å²) in [5, 5.41) is 0. The van der Waals surface area contributed by atoms with Gasteiger partial charge in [-0.25, -0.2) is 0 Å². The molecule has 2 aromatic heterocycles. The van der Waals surface area contributed by atoms with E-state index >= 15 is 0 Å². The van der Waals surface area contributed by atoms with Crippen LogP contribution >= 0.6 is 11.3 Å². The van der Waals surface area contributed by atoms with Crippen molar-refractivity contribution in [3.05, 3.63) is 46.2 Å². The lowest BCUT2D eigenvalue weighted by molar-refractivity contribution is 0.121. The first-order chi connectivity index (χ1) is 10.3. The molecule has 0 N–H and O–H groups in total. The van der Waals surface area contributed by atoms with Crippen molar-refractivity contribution in [2.45, 2.75) is 19.9 Å². The number of aryl methyl sites for hydroxylation is 1. The van der Waals surface area contributed by atoms with E-state index in [0.717, 1.165) is 45.0 Å². The Morgan fingerprint density at radius 1 is 1.38 bits per heavy atom. The second-order valence-electron chi connectivity index (χ2n) is 5.59. The Hall–Kier alpha value is -1.30. The average Bonchev–Trinajstić information content (AvgIpc) is 2.76. The molecule has 1 aliphatic rings. The molecule has 0 amide bonds. The molecule has 0 aromatic carbocycles. The van der Waals surface area contributed by atoms with Crippen molar-refractivity contribution in [3.8, 4) is 0 Å². The minimum Gasteiger partial charge on any atom is -0.380 e. The molecule has 112 valence electrons. The molecule has 3 rings (SSSR count). The zero-order chi connectivity index (χ0) is 14.5. The molecule has 4 nitrogen and oxygen atoms in total. The third-order valence-electron chi connectivity index (χ3n) is 3.71. The molecule has 1 saturated heterocycles. The zero-order valence-corrected chi connectivity index (χ0v) is 13.2. The first-order valence-corrected chi connectivity index (χ1v) is 8.21. The number of hydrogen-bond donors (Lipinski definition) is 0. The second-order valence-corrected chi connectivity index (χ2v) is 6.96. The Morgan fingerprint density at radius 3 is 3.10 bits per heavy atom. The van der Waals surface area contributed by atoms with Crippen molar-refractivity contribution < 1.29 is 4.74 Å². The molecule has 2 aromatic rings. The molecule has 0 bridgehead atoms. The van der Waals surface area contributed by atoms with Crippen molar-refractivity contribution in [2.24, 2.45) is 5.92 Å². The minimum atomic E-state index is 0.491. The van der Waals surface area contributed by atoms with E-state index in [4.69, 9.17) is 4.74 Å². The highest BCUT2D eigenvalue weighted by Crippen LogP contribution is 2.19. The third-order valence-corrected chi connectivity index (χ3v) is 4.70. The third kappa shape index (κ3) is 4.33. The summed E-state index contributed by atoms with van der Waals surface area (Å²) in [5.41, 5.74) is 1.06. The molecule has 1 atom stereocenters. The largest absolute Gasteiger partial charge is 0.380 e. The highest BCUT2D eigenvalue weighted by Gasteiger charge is 2.20.